The first kappa shape index (κ1) is 21.6. The molecule has 0 bridgehead atoms. The van der Waals surface area contributed by atoms with Gasteiger partial charge in [0.2, 0.25) is 0 Å². The standard InChI is InChI=1S/C26H35N5/c1-5-23-20(10-8-17-6-7-17)22(13-27)21-12-18(9-11-24(21)30-23)26(2,25(14-28)29-3)19-15-31(4)16-19/h9,11-12,14,17,19,29H,5-8,10,15-16,28H2,1-4H3/b25-14-. The molecule has 4 rings (SSSR count). The Morgan fingerprint density at radius 3 is 2.68 bits per heavy atom. The highest BCUT2D eigenvalue weighted by atomic mass is 15.2. The van der Waals surface area contributed by atoms with Crippen LogP contribution in [0.1, 0.15) is 55.5 Å². The van der Waals surface area contributed by atoms with Crippen LogP contribution in [0.25, 0.3) is 10.9 Å². The number of likely N-dealkylation sites (tertiary alicyclic amines) is 1. The van der Waals surface area contributed by atoms with Crippen LogP contribution in [0.2, 0.25) is 0 Å². The third-order valence-corrected chi connectivity index (χ3v) is 7.59. The molecule has 5 heteroatoms. The van der Waals surface area contributed by atoms with Crippen molar-refractivity contribution in [1.82, 2.24) is 15.2 Å². The third-order valence-electron chi connectivity index (χ3n) is 7.59. The average molecular weight is 418 g/mol. The molecule has 1 saturated carbocycles. The molecule has 1 aliphatic heterocycles. The minimum atomic E-state index is -0.242. The molecule has 31 heavy (non-hydrogen) atoms. The summed E-state index contributed by atoms with van der Waals surface area (Å²) < 4.78 is 0. The van der Waals surface area contributed by atoms with Gasteiger partial charge in [-0.25, -0.2) is 0 Å². The highest BCUT2D eigenvalue weighted by Gasteiger charge is 2.44. The summed E-state index contributed by atoms with van der Waals surface area (Å²) in [4.78, 5) is 7.32. The van der Waals surface area contributed by atoms with E-state index in [-0.39, 0.29) is 5.41 Å². The summed E-state index contributed by atoms with van der Waals surface area (Å²) in [5, 5.41) is 14.5. The Hall–Kier alpha value is -2.58. The van der Waals surface area contributed by atoms with E-state index in [0.29, 0.717) is 5.92 Å². The molecular weight excluding hydrogens is 382 g/mol. The first-order valence-corrected chi connectivity index (χ1v) is 11.6. The van der Waals surface area contributed by atoms with E-state index in [4.69, 9.17) is 10.7 Å². The van der Waals surface area contributed by atoms with Gasteiger partial charge in [-0.3, -0.25) is 4.98 Å². The van der Waals surface area contributed by atoms with Gasteiger partial charge < -0.3 is 16.0 Å². The molecule has 0 radical (unpaired) electrons. The fourth-order valence-corrected chi connectivity index (χ4v) is 5.31. The number of nitrogens with two attached hydrogens (primary N) is 1. The van der Waals surface area contributed by atoms with Crippen molar-refractivity contribution in [3.63, 3.8) is 0 Å². The van der Waals surface area contributed by atoms with Crippen molar-refractivity contribution < 1.29 is 0 Å². The lowest BCUT2D eigenvalue weighted by Gasteiger charge is -2.49. The quantitative estimate of drug-likeness (QED) is 0.682. The Morgan fingerprint density at radius 1 is 1.39 bits per heavy atom. The Labute approximate surface area is 186 Å². The summed E-state index contributed by atoms with van der Waals surface area (Å²) in [7, 11) is 4.09. The van der Waals surface area contributed by atoms with Gasteiger partial charge in [-0.1, -0.05) is 25.8 Å². The average Bonchev–Trinajstić information content (AvgIpc) is 3.59. The van der Waals surface area contributed by atoms with Crippen LogP contribution in [0, 0.1) is 23.2 Å². The van der Waals surface area contributed by atoms with Crippen LogP contribution in [0.15, 0.2) is 30.1 Å². The van der Waals surface area contributed by atoms with Crippen LogP contribution in [0.3, 0.4) is 0 Å². The molecule has 5 nitrogen and oxygen atoms in total. The van der Waals surface area contributed by atoms with Gasteiger partial charge in [0.25, 0.3) is 0 Å². The lowest BCUT2D eigenvalue weighted by atomic mass is 9.66. The fourth-order valence-electron chi connectivity index (χ4n) is 5.31. The Morgan fingerprint density at radius 2 is 2.13 bits per heavy atom. The van der Waals surface area contributed by atoms with Crippen LogP contribution in [-0.2, 0) is 18.3 Å². The van der Waals surface area contributed by atoms with Crippen molar-refractivity contribution in [1.29, 1.82) is 5.26 Å². The van der Waals surface area contributed by atoms with Crippen molar-refractivity contribution in [2.24, 2.45) is 17.6 Å². The zero-order valence-electron chi connectivity index (χ0n) is 19.3. The molecular formula is C26H35N5. The normalized spacial score (nSPS) is 19.6. The van der Waals surface area contributed by atoms with Crippen LogP contribution in [-0.4, -0.2) is 37.1 Å². The van der Waals surface area contributed by atoms with Gasteiger partial charge in [0.05, 0.1) is 11.1 Å². The SMILES string of the molecule is CCc1nc2ccc(C(C)(/C(=C/N)NC)C3CN(C)C3)cc2c(C#N)c1CCC1CC1. The zero-order chi connectivity index (χ0) is 22.2. The number of fused-ring (bicyclic) bond motifs is 1. The van der Waals surface area contributed by atoms with E-state index in [2.05, 4.69) is 55.4 Å². The summed E-state index contributed by atoms with van der Waals surface area (Å²) in [5.74, 6) is 1.30. The van der Waals surface area contributed by atoms with E-state index in [1.54, 1.807) is 6.20 Å². The highest BCUT2D eigenvalue weighted by molar-refractivity contribution is 5.87. The molecule has 0 amide bonds. The van der Waals surface area contributed by atoms with Crippen LogP contribution in [0.5, 0.6) is 0 Å². The number of nitriles is 1. The maximum Gasteiger partial charge on any atom is 0.100 e. The Bertz CT molecular complexity index is 1040. The molecule has 1 aromatic heterocycles. The molecule has 0 spiro atoms. The number of pyridine rings is 1. The van der Waals surface area contributed by atoms with Crippen molar-refractivity contribution in [3.05, 3.63) is 52.5 Å². The molecule has 2 aromatic rings. The minimum absolute atomic E-state index is 0.242. The third kappa shape index (κ3) is 3.78. The predicted octanol–water partition coefficient (Wildman–Crippen LogP) is 3.85. The molecule has 1 aromatic carbocycles. The summed E-state index contributed by atoms with van der Waals surface area (Å²) >= 11 is 0. The van der Waals surface area contributed by atoms with E-state index in [1.165, 1.54) is 24.8 Å². The topological polar surface area (TPSA) is 78.0 Å². The van der Waals surface area contributed by atoms with Gasteiger partial charge in [-0.2, -0.15) is 5.26 Å². The second kappa shape index (κ2) is 8.51. The van der Waals surface area contributed by atoms with Crippen molar-refractivity contribution in [2.75, 3.05) is 27.2 Å². The fraction of sp³-hybridized carbons (Fsp3) is 0.538. The highest BCUT2D eigenvalue weighted by Crippen LogP contribution is 2.43. The van der Waals surface area contributed by atoms with Gasteiger partial charge in [0.15, 0.2) is 0 Å². The molecule has 3 N–H and O–H groups in total. The van der Waals surface area contributed by atoms with E-state index < -0.39 is 0 Å². The molecule has 164 valence electrons. The van der Waals surface area contributed by atoms with Crippen LogP contribution in [0.4, 0.5) is 0 Å². The number of aromatic nitrogens is 1. The van der Waals surface area contributed by atoms with Crippen molar-refractivity contribution in [2.45, 2.75) is 51.4 Å². The number of hydrogen-bond acceptors (Lipinski definition) is 5. The molecule has 1 saturated heterocycles. The molecule has 2 fully saturated rings. The summed E-state index contributed by atoms with van der Waals surface area (Å²) in [6, 6.07) is 9.04. The number of benzene rings is 1. The second-order valence-electron chi connectivity index (χ2n) is 9.54. The van der Waals surface area contributed by atoms with E-state index in [1.807, 2.05) is 7.05 Å². The first-order valence-electron chi connectivity index (χ1n) is 11.6. The first-order chi connectivity index (χ1) is 15.0. The van der Waals surface area contributed by atoms with Crippen LogP contribution >= 0.6 is 0 Å². The van der Waals surface area contributed by atoms with E-state index in [9.17, 15) is 5.26 Å². The molecule has 1 atom stereocenters. The van der Waals surface area contributed by atoms with Gasteiger partial charge >= 0.3 is 0 Å². The smallest absolute Gasteiger partial charge is 0.100 e. The second-order valence-corrected chi connectivity index (χ2v) is 9.54. The largest absolute Gasteiger partial charge is 0.403 e. The Balaban J connectivity index is 1.86. The minimum Gasteiger partial charge on any atom is -0.403 e. The molecule has 1 aliphatic carbocycles. The summed E-state index contributed by atoms with van der Waals surface area (Å²) in [6.07, 6.45) is 7.35. The number of aryl methyl sites for hydroxylation is 1. The van der Waals surface area contributed by atoms with Gasteiger partial charge in [-0.15, -0.1) is 0 Å². The lowest BCUT2D eigenvalue weighted by Crippen LogP contribution is -2.55. The van der Waals surface area contributed by atoms with E-state index >= 15 is 0 Å². The zero-order valence-corrected chi connectivity index (χ0v) is 19.3. The maximum absolute atomic E-state index is 10.2. The van der Waals surface area contributed by atoms with Gasteiger partial charge in [0.1, 0.15) is 6.07 Å². The van der Waals surface area contributed by atoms with Gasteiger partial charge in [0, 0.05) is 48.5 Å². The monoisotopic (exact) mass is 417 g/mol. The number of nitrogens with zero attached hydrogens (tertiary/aromatic N) is 3. The predicted molar refractivity (Wildman–Crippen MR) is 127 cm³/mol. The van der Waals surface area contributed by atoms with E-state index in [0.717, 1.165) is 65.3 Å². The van der Waals surface area contributed by atoms with Crippen molar-refractivity contribution >= 4 is 10.9 Å². The number of nitrogens with one attached hydrogen (secondary N) is 1. The molecule has 2 aliphatic rings. The van der Waals surface area contributed by atoms with Gasteiger partial charge in [-0.05, 0) is 68.3 Å². The summed E-state index contributed by atoms with van der Waals surface area (Å²) in [5.41, 5.74) is 12.0. The lowest BCUT2D eigenvalue weighted by molar-refractivity contribution is 0.0811. The number of allylic oxidation sites excluding steroid dienone is 1. The van der Waals surface area contributed by atoms with Crippen LogP contribution < -0.4 is 11.1 Å². The van der Waals surface area contributed by atoms with Crippen molar-refractivity contribution in [3.8, 4) is 6.07 Å². The molecule has 1 unspecified atom stereocenters. The maximum atomic E-state index is 10.2. The Kier molecular flexibility index (Phi) is 5.94. The molecule has 2 heterocycles. The number of hydrogen-bond donors (Lipinski definition) is 2. The summed E-state index contributed by atoms with van der Waals surface area (Å²) in [6.45, 7) is 6.46. The number of rotatable bonds is 8. The number of likely N-dealkylation sites (N-methyl/N-ethyl adjacent to an activating group) is 1.